The maximum atomic E-state index is 9.16. The van der Waals surface area contributed by atoms with E-state index < -0.39 is 0 Å². The Labute approximate surface area is 99.7 Å². The van der Waals surface area contributed by atoms with Crippen molar-refractivity contribution in [3.05, 3.63) is 42.0 Å². The molecule has 0 spiro atoms. The minimum atomic E-state index is -0.0311. The number of nitrogens with zero attached hydrogens (tertiary/aromatic N) is 3. The largest absolute Gasteiger partial charge is 0.485 e. The van der Waals surface area contributed by atoms with Crippen molar-refractivity contribution in [2.75, 3.05) is 0 Å². The van der Waals surface area contributed by atoms with E-state index >= 15 is 0 Å². The van der Waals surface area contributed by atoms with E-state index in [1.54, 1.807) is 4.68 Å². The number of hydrogen-bond donors (Lipinski definition) is 1. The highest BCUT2D eigenvalue weighted by Crippen LogP contribution is 2.18. The van der Waals surface area contributed by atoms with E-state index in [9.17, 15) is 0 Å². The van der Waals surface area contributed by atoms with E-state index in [4.69, 9.17) is 9.84 Å². The molecule has 2 rings (SSSR count). The van der Waals surface area contributed by atoms with E-state index in [0.717, 1.165) is 17.9 Å². The predicted octanol–water partition coefficient (Wildman–Crippen LogP) is 1.37. The van der Waals surface area contributed by atoms with Gasteiger partial charge in [0.2, 0.25) is 0 Å². The number of aliphatic hydroxyl groups is 1. The van der Waals surface area contributed by atoms with Crippen molar-refractivity contribution in [1.82, 2.24) is 14.8 Å². The van der Waals surface area contributed by atoms with E-state index in [0.29, 0.717) is 12.4 Å². The van der Waals surface area contributed by atoms with Crippen LogP contribution in [0.4, 0.5) is 0 Å². The maximum absolute atomic E-state index is 9.16. The highest BCUT2D eigenvalue weighted by molar-refractivity contribution is 5.32. The third-order valence-corrected chi connectivity index (χ3v) is 2.49. The van der Waals surface area contributed by atoms with Crippen molar-refractivity contribution in [3.8, 4) is 5.75 Å². The average Bonchev–Trinajstić information content (AvgIpc) is 2.84. The summed E-state index contributed by atoms with van der Waals surface area (Å²) in [5, 5.41) is 13.2. The Morgan fingerprint density at radius 2 is 2.18 bits per heavy atom. The molecule has 0 saturated carbocycles. The number of ether oxygens (including phenoxy) is 1. The SMILES string of the molecule is CCn1ncnc1COc1ccccc1CO. The molecule has 0 bridgehead atoms. The van der Waals surface area contributed by atoms with Gasteiger partial charge in [0.1, 0.15) is 18.7 Å². The third-order valence-electron chi connectivity index (χ3n) is 2.49. The molecule has 0 aliphatic rings. The number of aromatic nitrogens is 3. The summed E-state index contributed by atoms with van der Waals surface area (Å²) >= 11 is 0. The first-order valence-electron chi connectivity index (χ1n) is 5.53. The fourth-order valence-electron chi connectivity index (χ4n) is 1.58. The second-order valence-corrected chi connectivity index (χ2v) is 3.55. The molecule has 1 aromatic heterocycles. The van der Waals surface area contributed by atoms with E-state index in [1.165, 1.54) is 6.33 Å². The van der Waals surface area contributed by atoms with Crippen LogP contribution in [0.1, 0.15) is 18.3 Å². The molecule has 17 heavy (non-hydrogen) atoms. The first kappa shape index (κ1) is 11.6. The molecule has 1 aromatic carbocycles. The van der Waals surface area contributed by atoms with Gasteiger partial charge in [-0.1, -0.05) is 18.2 Å². The predicted molar refractivity (Wildman–Crippen MR) is 62.4 cm³/mol. The molecule has 90 valence electrons. The Kier molecular flexibility index (Phi) is 3.72. The Morgan fingerprint density at radius 1 is 1.35 bits per heavy atom. The molecule has 0 amide bonds. The summed E-state index contributed by atoms with van der Waals surface area (Å²) in [5.41, 5.74) is 0.773. The lowest BCUT2D eigenvalue weighted by Crippen LogP contribution is -2.08. The molecule has 5 heteroatoms. The van der Waals surface area contributed by atoms with Crippen LogP contribution in [0.5, 0.6) is 5.75 Å². The van der Waals surface area contributed by atoms with Crippen LogP contribution in [-0.2, 0) is 19.8 Å². The van der Waals surface area contributed by atoms with Crippen molar-refractivity contribution in [2.45, 2.75) is 26.7 Å². The van der Waals surface area contributed by atoms with Gasteiger partial charge in [0, 0.05) is 12.1 Å². The van der Waals surface area contributed by atoms with E-state index in [2.05, 4.69) is 10.1 Å². The lowest BCUT2D eigenvalue weighted by atomic mass is 10.2. The normalized spacial score (nSPS) is 10.5. The van der Waals surface area contributed by atoms with Crippen molar-refractivity contribution in [1.29, 1.82) is 0 Å². The first-order chi connectivity index (χ1) is 8.35. The summed E-state index contributed by atoms with van der Waals surface area (Å²) in [6.07, 6.45) is 1.51. The highest BCUT2D eigenvalue weighted by atomic mass is 16.5. The van der Waals surface area contributed by atoms with Crippen LogP contribution in [0.15, 0.2) is 30.6 Å². The number of aliphatic hydroxyl groups excluding tert-OH is 1. The Morgan fingerprint density at radius 3 is 2.94 bits per heavy atom. The molecule has 5 nitrogen and oxygen atoms in total. The van der Waals surface area contributed by atoms with Gasteiger partial charge in [-0.25, -0.2) is 9.67 Å². The smallest absolute Gasteiger partial charge is 0.164 e. The fourth-order valence-corrected chi connectivity index (χ4v) is 1.58. The molecular weight excluding hydrogens is 218 g/mol. The van der Waals surface area contributed by atoms with Crippen LogP contribution in [0, 0.1) is 0 Å². The van der Waals surface area contributed by atoms with Crippen molar-refractivity contribution >= 4 is 0 Å². The van der Waals surface area contributed by atoms with Gasteiger partial charge in [-0.2, -0.15) is 5.10 Å². The number of para-hydroxylation sites is 1. The highest BCUT2D eigenvalue weighted by Gasteiger charge is 2.06. The third kappa shape index (κ3) is 2.62. The molecule has 0 saturated heterocycles. The van der Waals surface area contributed by atoms with Crippen molar-refractivity contribution in [2.24, 2.45) is 0 Å². The Bertz CT molecular complexity index is 482. The van der Waals surface area contributed by atoms with Gasteiger partial charge in [-0.3, -0.25) is 0 Å². The van der Waals surface area contributed by atoms with Gasteiger partial charge < -0.3 is 9.84 Å². The Hall–Kier alpha value is -1.88. The number of rotatable bonds is 5. The van der Waals surface area contributed by atoms with Crippen molar-refractivity contribution in [3.63, 3.8) is 0 Å². The van der Waals surface area contributed by atoms with E-state index in [-0.39, 0.29) is 6.61 Å². The molecule has 1 heterocycles. The molecule has 0 aliphatic heterocycles. The average molecular weight is 233 g/mol. The van der Waals surface area contributed by atoms with Crippen LogP contribution in [0.3, 0.4) is 0 Å². The van der Waals surface area contributed by atoms with E-state index in [1.807, 2.05) is 31.2 Å². The zero-order valence-corrected chi connectivity index (χ0v) is 9.71. The Balaban J connectivity index is 2.07. The molecule has 0 fully saturated rings. The molecule has 0 unspecified atom stereocenters. The number of aryl methyl sites for hydroxylation is 1. The minimum absolute atomic E-state index is 0.0311. The lowest BCUT2D eigenvalue weighted by molar-refractivity contribution is 0.252. The summed E-state index contributed by atoms with van der Waals surface area (Å²) < 4.78 is 7.41. The van der Waals surface area contributed by atoms with Gasteiger partial charge in [-0.05, 0) is 13.0 Å². The summed E-state index contributed by atoms with van der Waals surface area (Å²) in [5.74, 6) is 1.46. The monoisotopic (exact) mass is 233 g/mol. The van der Waals surface area contributed by atoms with Crippen LogP contribution in [0.25, 0.3) is 0 Å². The van der Waals surface area contributed by atoms with Crippen molar-refractivity contribution < 1.29 is 9.84 Å². The second-order valence-electron chi connectivity index (χ2n) is 3.55. The summed E-state index contributed by atoms with van der Waals surface area (Å²) in [6, 6.07) is 7.41. The van der Waals surface area contributed by atoms with Crippen LogP contribution < -0.4 is 4.74 Å². The topological polar surface area (TPSA) is 60.2 Å². The quantitative estimate of drug-likeness (QED) is 0.847. The summed E-state index contributed by atoms with van der Waals surface area (Å²) in [7, 11) is 0. The lowest BCUT2D eigenvalue weighted by Gasteiger charge is -2.09. The molecule has 0 aliphatic carbocycles. The van der Waals surface area contributed by atoms with Crippen LogP contribution in [-0.4, -0.2) is 19.9 Å². The van der Waals surface area contributed by atoms with Gasteiger partial charge in [0.15, 0.2) is 5.82 Å². The molecule has 0 radical (unpaired) electrons. The molecule has 2 aromatic rings. The number of hydrogen-bond acceptors (Lipinski definition) is 4. The van der Waals surface area contributed by atoms with Gasteiger partial charge in [-0.15, -0.1) is 0 Å². The summed E-state index contributed by atoms with van der Waals surface area (Å²) in [6.45, 7) is 3.09. The fraction of sp³-hybridized carbons (Fsp3) is 0.333. The zero-order chi connectivity index (χ0) is 12.1. The van der Waals surface area contributed by atoms with Crippen LogP contribution >= 0.6 is 0 Å². The second kappa shape index (κ2) is 5.45. The minimum Gasteiger partial charge on any atom is -0.485 e. The zero-order valence-electron chi connectivity index (χ0n) is 9.71. The number of benzene rings is 1. The standard InChI is InChI=1S/C12H15N3O2/c1-2-15-12(13-9-14-15)8-17-11-6-4-3-5-10(11)7-16/h3-6,9,16H,2,7-8H2,1H3. The van der Waals surface area contributed by atoms with Gasteiger partial charge in [0.25, 0.3) is 0 Å². The van der Waals surface area contributed by atoms with Gasteiger partial charge >= 0.3 is 0 Å². The first-order valence-corrected chi connectivity index (χ1v) is 5.53. The molecule has 0 atom stereocenters. The molecule has 1 N–H and O–H groups in total. The van der Waals surface area contributed by atoms with Crippen LogP contribution in [0.2, 0.25) is 0 Å². The van der Waals surface area contributed by atoms with Gasteiger partial charge in [0.05, 0.1) is 6.61 Å². The maximum Gasteiger partial charge on any atom is 0.164 e. The summed E-state index contributed by atoms with van der Waals surface area (Å²) in [4.78, 5) is 4.12. The molecular formula is C12H15N3O2.